The van der Waals surface area contributed by atoms with E-state index in [-0.39, 0.29) is 17.1 Å². The average molecular weight is 504 g/mol. The Morgan fingerprint density at radius 2 is 0.793 bits per heavy atom. The number of halogens is 4. The van der Waals surface area contributed by atoms with Gasteiger partial charge in [-0.15, -0.1) is 0 Å². The number of aromatic nitrogens is 4. The molecule has 2 N–H and O–H groups in total. The van der Waals surface area contributed by atoms with Crippen molar-refractivity contribution in [1.29, 1.82) is 0 Å². The van der Waals surface area contributed by atoms with Crippen LogP contribution in [0.2, 0.25) is 20.1 Å². The van der Waals surface area contributed by atoms with E-state index in [9.17, 15) is 0 Å². The smallest absolute Gasteiger partial charge is 0.0919 e. The second-order valence-electron chi connectivity index (χ2n) is 6.26. The van der Waals surface area contributed by atoms with Crippen molar-refractivity contribution in [3.05, 3.63) is 67.1 Å². The van der Waals surface area contributed by atoms with Gasteiger partial charge in [0, 0.05) is 17.1 Å². The van der Waals surface area contributed by atoms with Crippen LogP contribution in [0.4, 0.5) is 0 Å². The van der Waals surface area contributed by atoms with Gasteiger partial charge in [-0.2, -0.15) is 0 Å². The van der Waals surface area contributed by atoms with E-state index >= 15 is 0 Å². The maximum Gasteiger partial charge on any atom is 0.0919 e. The quantitative estimate of drug-likeness (QED) is 0.218. The summed E-state index contributed by atoms with van der Waals surface area (Å²) in [7, 11) is 0. The van der Waals surface area contributed by atoms with Gasteiger partial charge in [0.1, 0.15) is 0 Å². The summed E-state index contributed by atoms with van der Waals surface area (Å²) in [6, 6.07) is 7.42. The Kier molecular flexibility index (Phi) is 5.56. The fraction of sp³-hybridized carbons (Fsp3) is 0. The number of hydrogen-bond acceptors (Lipinski definition) is 2. The van der Waals surface area contributed by atoms with Gasteiger partial charge in [0.2, 0.25) is 0 Å². The maximum absolute atomic E-state index is 6.57. The third-order valence-electron chi connectivity index (χ3n) is 4.50. The van der Waals surface area contributed by atoms with Crippen molar-refractivity contribution < 1.29 is 17.1 Å². The molecule has 0 fully saturated rings. The summed E-state index contributed by atoms with van der Waals surface area (Å²) in [6.45, 7) is 0. The van der Waals surface area contributed by atoms with Crippen molar-refractivity contribution in [1.82, 2.24) is 19.9 Å². The Balaban J connectivity index is 0.00000205. The molecule has 3 aromatic rings. The first-order valence-corrected chi connectivity index (χ1v) is 9.80. The predicted octanol–water partition coefficient (Wildman–Crippen LogP) is 7.27. The molecule has 0 saturated heterocycles. The molecule has 0 radical (unpaired) electrons. The number of nitrogens with one attached hydrogen (secondary N) is 2. The second-order valence-corrected chi connectivity index (χ2v) is 7.77. The summed E-state index contributed by atoms with van der Waals surface area (Å²) >= 11 is 26.2. The zero-order valence-corrected chi connectivity index (χ0v) is 18.5. The van der Waals surface area contributed by atoms with E-state index in [1.165, 1.54) is 0 Å². The van der Waals surface area contributed by atoms with Crippen molar-refractivity contribution in [2.45, 2.75) is 0 Å². The van der Waals surface area contributed by atoms with Crippen LogP contribution in [0.3, 0.4) is 0 Å². The summed E-state index contributed by atoms with van der Waals surface area (Å²) < 4.78 is 0. The standard InChI is InChI=1S/C20H10Cl4N4.Fe/c21-17-9-1-2-10(25-9)18(22)12-5-6-14(27-12)20(24)16-8-7-15(28-16)19(23)13-4-3-11(17)26-13;/h1-8,25-26H;. The zero-order chi connectivity index (χ0) is 19.4. The first-order valence-electron chi connectivity index (χ1n) is 8.29. The molecule has 29 heavy (non-hydrogen) atoms. The molecule has 0 spiro atoms. The Morgan fingerprint density at radius 3 is 1.17 bits per heavy atom. The number of hydrogen-bond donors (Lipinski definition) is 2. The number of aromatic amines is 2. The van der Waals surface area contributed by atoms with Crippen molar-refractivity contribution in [2.75, 3.05) is 0 Å². The normalized spacial score (nSPS) is 12.3. The molecule has 0 aliphatic carbocycles. The van der Waals surface area contributed by atoms with E-state index < -0.39 is 0 Å². The molecule has 0 amide bonds. The van der Waals surface area contributed by atoms with Crippen LogP contribution in [0.15, 0.2) is 24.3 Å². The van der Waals surface area contributed by atoms with Gasteiger partial charge in [0.15, 0.2) is 0 Å². The van der Waals surface area contributed by atoms with E-state index in [1.807, 2.05) is 36.4 Å². The summed E-state index contributed by atoms with van der Waals surface area (Å²) in [5.41, 5.74) is 5.21. The topological polar surface area (TPSA) is 57.4 Å². The predicted molar refractivity (Wildman–Crippen MR) is 119 cm³/mol. The molecule has 2 aliphatic rings. The van der Waals surface area contributed by atoms with Crippen LogP contribution in [0.5, 0.6) is 0 Å². The molecule has 0 saturated carbocycles. The SMILES string of the molecule is Clc1c2nc(c(Cl)c3ccc([nH]3)c(Cl)c3ccc([nH]3)c(Cl)c3nc1C=C3)C=C2.[Fe]. The second kappa shape index (κ2) is 7.84. The van der Waals surface area contributed by atoms with Gasteiger partial charge in [-0.25, -0.2) is 9.97 Å². The Morgan fingerprint density at radius 1 is 0.483 bits per heavy atom. The molecule has 5 rings (SSSR count). The van der Waals surface area contributed by atoms with Crippen LogP contribution in [-0.4, -0.2) is 19.9 Å². The Bertz CT molecular complexity index is 1270. The third-order valence-corrected chi connectivity index (χ3v) is 6.09. The van der Waals surface area contributed by atoms with Crippen LogP contribution >= 0.6 is 46.4 Å². The van der Waals surface area contributed by atoms with E-state index in [0.717, 1.165) is 11.0 Å². The van der Waals surface area contributed by atoms with E-state index in [4.69, 9.17) is 46.4 Å². The van der Waals surface area contributed by atoms with Crippen LogP contribution in [0.1, 0.15) is 22.8 Å². The molecule has 0 atom stereocenters. The molecule has 146 valence electrons. The van der Waals surface area contributed by atoms with Crippen LogP contribution in [0, 0.1) is 0 Å². The van der Waals surface area contributed by atoms with Crippen molar-refractivity contribution in [3.8, 4) is 0 Å². The summed E-state index contributed by atoms with van der Waals surface area (Å²) in [6.07, 6.45) is 7.22. The summed E-state index contributed by atoms with van der Waals surface area (Å²) in [5.74, 6) is 0. The monoisotopic (exact) mass is 502 g/mol. The minimum atomic E-state index is 0. The molecule has 9 heteroatoms. The largest absolute Gasteiger partial charge is 0.353 e. The number of rotatable bonds is 0. The molecule has 3 aromatic heterocycles. The van der Waals surface area contributed by atoms with Gasteiger partial charge in [0.05, 0.1) is 64.9 Å². The van der Waals surface area contributed by atoms with Crippen molar-refractivity contribution in [3.63, 3.8) is 0 Å². The van der Waals surface area contributed by atoms with Gasteiger partial charge in [-0.1, -0.05) is 46.4 Å². The summed E-state index contributed by atoms with van der Waals surface area (Å²) in [4.78, 5) is 15.5. The van der Waals surface area contributed by atoms with Gasteiger partial charge >= 0.3 is 0 Å². The number of H-pyrrole nitrogens is 2. The van der Waals surface area contributed by atoms with Crippen molar-refractivity contribution >= 4 is 92.8 Å². The van der Waals surface area contributed by atoms with Crippen LogP contribution < -0.4 is 0 Å². The molecular formula is C20H10Cl4FeN4. The first-order chi connectivity index (χ1) is 13.5. The average Bonchev–Trinajstić information content (AvgIpc) is 3.49. The molecule has 8 bridgehead atoms. The fourth-order valence-electron chi connectivity index (χ4n) is 3.07. The molecule has 2 aliphatic heterocycles. The first kappa shape index (κ1) is 20.5. The number of nitrogens with zero attached hydrogens (tertiary/aromatic N) is 2. The third kappa shape index (κ3) is 3.53. The van der Waals surface area contributed by atoms with E-state index in [1.54, 1.807) is 12.2 Å². The minimum Gasteiger partial charge on any atom is -0.353 e. The Hall–Kier alpha value is -1.72. The molecule has 5 heterocycles. The fourth-order valence-corrected chi connectivity index (χ4v) is 3.93. The maximum atomic E-state index is 6.57. The van der Waals surface area contributed by atoms with E-state index in [0.29, 0.717) is 53.9 Å². The summed E-state index contributed by atoms with van der Waals surface area (Å²) in [5, 5.41) is 1.88. The van der Waals surface area contributed by atoms with Crippen LogP contribution in [0.25, 0.3) is 46.4 Å². The zero-order valence-electron chi connectivity index (χ0n) is 14.4. The van der Waals surface area contributed by atoms with E-state index in [2.05, 4.69) is 19.9 Å². The molecule has 0 unspecified atom stereocenters. The molecule has 4 nitrogen and oxygen atoms in total. The van der Waals surface area contributed by atoms with Gasteiger partial charge < -0.3 is 9.97 Å². The molecular weight excluding hydrogens is 494 g/mol. The van der Waals surface area contributed by atoms with Crippen molar-refractivity contribution in [2.24, 2.45) is 0 Å². The number of fused-ring (bicyclic) bond motifs is 8. The Labute approximate surface area is 196 Å². The van der Waals surface area contributed by atoms with Gasteiger partial charge in [-0.3, -0.25) is 0 Å². The van der Waals surface area contributed by atoms with Crippen LogP contribution in [-0.2, 0) is 17.1 Å². The van der Waals surface area contributed by atoms with Gasteiger partial charge in [-0.05, 0) is 48.6 Å². The minimum absolute atomic E-state index is 0. The van der Waals surface area contributed by atoms with Gasteiger partial charge in [0.25, 0.3) is 0 Å². The molecule has 0 aromatic carbocycles.